The van der Waals surface area contributed by atoms with Gasteiger partial charge in [-0.15, -0.1) is 0 Å². The first kappa shape index (κ1) is 14.9. The number of hydrogen-bond acceptors (Lipinski definition) is 3. The quantitative estimate of drug-likeness (QED) is 0.922. The highest BCUT2D eigenvalue weighted by Gasteiger charge is 2.26. The van der Waals surface area contributed by atoms with Gasteiger partial charge in [-0.1, -0.05) is 13.8 Å². The van der Waals surface area contributed by atoms with Crippen molar-refractivity contribution in [3.63, 3.8) is 0 Å². The van der Waals surface area contributed by atoms with Crippen molar-refractivity contribution in [3.8, 4) is 0 Å². The predicted molar refractivity (Wildman–Crippen MR) is 83.1 cm³/mol. The molecule has 1 aromatic heterocycles. The van der Waals surface area contributed by atoms with E-state index in [4.69, 9.17) is 0 Å². The number of aromatic nitrogens is 1. The Morgan fingerprint density at radius 3 is 2.95 bits per heavy atom. The molecule has 2 rings (SSSR count). The zero-order valence-electron chi connectivity index (χ0n) is 12.1. The Morgan fingerprint density at radius 2 is 2.26 bits per heavy atom. The molecule has 0 radical (unpaired) electrons. The first-order valence-electron chi connectivity index (χ1n) is 7.11. The monoisotopic (exact) mass is 325 g/mol. The maximum Gasteiger partial charge on any atom is 0.0410 e. The van der Waals surface area contributed by atoms with Crippen LogP contribution in [-0.4, -0.2) is 35.1 Å². The molecule has 0 aromatic carbocycles. The highest BCUT2D eigenvalue weighted by atomic mass is 79.9. The fourth-order valence-corrected chi connectivity index (χ4v) is 3.19. The number of piperazine rings is 1. The SMILES string of the molecule is CC(C)CC1CNC(C)CN1Cc1cncc(Br)c1. The Hall–Kier alpha value is -0.450. The molecule has 1 aromatic rings. The Kier molecular flexibility index (Phi) is 5.37. The van der Waals surface area contributed by atoms with Crippen LogP contribution in [0.3, 0.4) is 0 Å². The maximum atomic E-state index is 4.27. The highest BCUT2D eigenvalue weighted by molar-refractivity contribution is 9.10. The van der Waals surface area contributed by atoms with Crippen molar-refractivity contribution < 1.29 is 0 Å². The Labute approximate surface area is 124 Å². The van der Waals surface area contributed by atoms with Gasteiger partial charge in [0.1, 0.15) is 0 Å². The number of nitrogens with one attached hydrogen (secondary N) is 1. The second-order valence-corrected chi connectivity index (χ2v) is 6.95. The maximum absolute atomic E-state index is 4.27. The van der Waals surface area contributed by atoms with Gasteiger partial charge < -0.3 is 5.32 Å². The van der Waals surface area contributed by atoms with Crippen molar-refractivity contribution in [1.82, 2.24) is 15.2 Å². The lowest BCUT2D eigenvalue weighted by Crippen LogP contribution is -2.55. The molecule has 2 heterocycles. The van der Waals surface area contributed by atoms with E-state index >= 15 is 0 Å². The van der Waals surface area contributed by atoms with E-state index in [0.29, 0.717) is 12.1 Å². The molecule has 1 fully saturated rings. The molecule has 0 bridgehead atoms. The van der Waals surface area contributed by atoms with Crippen molar-refractivity contribution in [3.05, 3.63) is 28.5 Å². The van der Waals surface area contributed by atoms with Crippen molar-refractivity contribution in [2.24, 2.45) is 5.92 Å². The normalized spacial score (nSPS) is 24.9. The smallest absolute Gasteiger partial charge is 0.0410 e. The molecule has 0 spiro atoms. The Morgan fingerprint density at radius 1 is 1.47 bits per heavy atom. The first-order chi connectivity index (χ1) is 9.04. The van der Waals surface area contributed by atoms with Crippen LogP contribution in [0.2, 0.25) is 0 Å². The third-order valence-electron chi connectivity index (χ3n) is 3.62. The minimum absolute atomic E-state index is 0.573. The minimum atomic E-state index is 0.573. The van der Waals surface area contributed by atoms with Crippen molar-refractivity contribution >= 4 is 15.9 Å². The van der Waals surface area contributed by atoms with Crippen LogP contribution in [0.25, 0.3) is 0 Å². The van der Waals surface area contributed by atoms with Gasteiger partial charge in [0.15, 0.2) is 0 Å². The van der Waals surface area contributed by atoms with Crippen LogP contribution in [0.1, 0.15) is 32.8 Å². The summed E-state index contributed by atoms with van der Waals surface area (Å²) < 4.78 is 1.06. The van der Waals surface area contributed by atoms with Crippen LogP contribution < -0.4 is 5.32 Å². The van der Waals surface area contributed by atoms with Crippen molar-refractivity contribution in [1.29, 1.82) is 0 Å². The van der Waals surface area contributed by atoms with Crippen LogP contribution in [0.15, 0.2) is 22.9 Å². The van der Waals surface area contributed by atoms with E-state index in [1.54, 1.807) is 0 Å². The molecule has 2 unspecified atom stereocenters. The highest BCUT2D eigenvalue weighted by Crippen LogP contribution is 2.19. The lowest BCUT2D eigenvalue weighted by Gasteiger charge is -2.40. The first-order valence-corrected chi connectivity index (χ1v) is 7.90. The average Bonchev–Trinajstić information content (AvgIpc) is 2.32. The number of pyridine rings is 1. The summed E-state index contributed by atoms with van der Waals surface area (Å²) in [7, 11) is 0. The lowest BCUT2D eigenvalue weighted by atomic mass is 9.99. The summed E-state index contributed by atoms with van der Waals surface area (Å²) >= 11 is 3.50. The molecule has 1 aliphatic heterocycles. The molecule has 3 nitrogen and oxygen atoms in total. The van der Waals surface area contributed by atoms with Gasteiger partial charge in [-0.25, -0.2) is 0 Å². The van der Waals surface area contributed by atoms with E-state index in [1.165, 1.54) is 12.0 Å². The van der Waals surface area contributed by atoms with Gasteiger partial charge in [0.2, 0.25) is 0 Å². The zero-order valence-corrected chi connectivity index (χ0v) is 13.7. The molecule has 4 heteroatoms. The molecule has 1 aliphatic rings. The zero-order chi connectivity index (χ0) is 13.8. The third-order valence-corrected chi connectivity index (χ3v) is 4.05. The summed E-state index contributed by atoms with van der Waals surface area (Å²) in [5.74, 6) is 0.739. The molecule has 1 N–H and O–H groups in total. The molecule has 1 saturated heterocycles. The van der Waals surface area contributed by atoms with Crippen LogP contribution in [0.5, 0.6) is 0 Å². The molecule has 2 atom stereocenters. The van der Waals surface area contributed by atoms with Crippen LogP contribution in [0, 0.1) is 5.92 Å². The molecule has 106 valence electrons. The number of halogens is 1. The molecular weight excluding hydrogens is 302 g/mol. The minimum Gasteiger partial charge on any atom is -0.311 e. The molecule has 0 amide bonds. The second kappa shape index (κ2) is 6.82. The standard InChI is InChI=1S/C15H24BrN3/c1-11(2)4-15-8-18-12(3)9-19(15)10-13-5-14(16)7-17-6-13/h5-7,11-12,15,18H,4,8-10H2,1-3H3. The van der Waals surface area contributed by atoms with Crippen LogP contribution in [0.4, 0.5) is 0 Å². The summed E-state index contributed by atoms with van der Waals surface area (Å²) in [6.45, 7) is 10.1. The molecular formula is C15H24BrN3. The van der Waals surface area contributed by atoms with E-state index in [2.05, 4.69) is 58.0 Å². The van der Waals surface area contributed by atoms with E-state index < -0.39 is 0 Å². The fourth-order valence-electron chi connectivity index (χ4n) is 2.78. The van der Waals surface area contributed by atoms with Gasteiger partial charge in [-0.2, -0.15) is 0 Å². The molecule has 19 heavy (non-hydrogen) atoms. The molecule has 0 aliphatic carbocycles. The van der Waals surface area contributed by atoms with E-state index in [-0.39, 0.29) is 0 Å². The number of hydrogen-bond donors (Lipinski definition) is 1. The topological polar surface area (TPSA) is 28.2 Å². The van der Waals surface area contributed by atoms with E-state index in [9.17, 15) is 0 Å². The van der Waals surface area contributed by atoms with Gasteiger partial charge in [-0.3, -0.25) is 9.88 Å². The summed E-state index contributed by atoms with van der Waals surface area (Å²) in [5, 5.41) is 3.60. The predicted octanol–water partition coefficient (Wildman–Crippen LogP) is 3.05. The van der Waals surface area contributed by atoms with Gasteiger partial charge >= 0.3 is 0 Å². The summed E-state index contributed by atoms with van der Waals surface area (Å²) in [5.41, 5.74) is 1.29. The molecule has 0 saturated carbocycles. The summed E-state index contributed by atoms with van der Waals surface area (Å²) in [6, 6.07) is 3.38. The van der Waals surface area contributed by atoms with Crippen molar-refractivity contribution in [2.75, 3.05) is 13.1 Å². The Bertz CT molecular complexity index is 408. The average molecular weight is 326 g/mol. The largest absolute Gasteiger partial charge is 0.311 e. The summed E-state index contributed by atoms with van der Waals surface area (Å²) in [6.07, 6.45) is 5.07. The Balaban J connectivity index is 2.05. The van der Waals surface area contributed by atoms with Crippen LogP contribution >= 0.6 is 15.9 Å². The van der Waals surface area contributed by atoms with Crippen LogP contribution in [-0.2, 0) is 6.54 Å². The van der Waals surface area contributed by atoms with Gasteiger partial charge in [-0.05, 0) is 46.8 Å². The number of nitrogens with zero attached hydrogens (tertiary/aromatic N) is 2. The lowest BCUT2D eigenvalue weighted by molar-refractivity contribution is 0.111. The summed E-state index contributed by atoms with van der Waals surface area (Å²) in [4.78, 5) is 6.87. The van der Waals surface area contributed by atoms with Gasteiger partial charge in [0.25, 0.3) is 0 Å². The van der Waals surface area contributed by atoms with Crippen molar-refractivity contribution in [2.45, 2.75) is 45.8 Å². The second-order valence-electron chi connectivity index (χ2n) is 6.03. The third kappa shape index (κ3) is 4.55. The van der Waals surface area contributed by atoms with Gasteiger partial charge in [0.05, 0.1) is 0 Å². The fraction of sp³-hybridized carbons (Fsp3) is 0.667. The van der Waals surface area contributed by atoms with Gasteiger partial charge in [0, 0.05) is 48.6 Å². The number of rotatable bonds is 4. The van der Waals surface area contributed by atoms with E-state index in [0.717, 1.165) is 30.0 Å². The van der Waals surface area contributed by atoms with E-state index in [1.807, 2.05) is 12.4 Å².